The molecule has 2 atom stereocenters. The molecule has 0 saturated heterocycles. The molecule has 0 aliphatic heterocycles. The van der Waals surface area contributed by atoms with Gasteiger partial charge in [0.1, 0.15) is 5.82 Å². The summed E-state index contributed by atoms with van der Waals surface area (Å²) in [6, 6.07) is 16.4. The Kier molecular flexibility index (Phi) is 10.6. The normalized spacial score (nSPS) is 12.7. The molecular weight excluding hydrogens is 674 g/mol. The first kappa shape index (κ1) is 30.2. The van der Waals surface area contributed by atoms with Gasteiger partial charge in [-0.15, -0.1) is 34.9 Å². The van der Waals surface area contributed by atoms with Gasteiger partial charge in [0.25, 0.3) is 0 Å². The summed E-state index contributed by atoms with van der Waals surface area (Å²) >= 11 is 0. The Bertz CT molecular complexity index is 1210. The number of nitrogens with zero attached hydrogens (tertiary/aromatic N) is 3. The van der Waals surface area contributed by atoms with E-state index in [9.17, 15) is 22.0 Å². The Morgan fingerprint density at radius 2 is 1.46 bits per heavy atom. The van der Waals surface area contributed by atoms with Crippen LogP contribution in [0.4, 0.5) is 22.0 Å². The minimum absolute atomic E-state index is 0. The molecule has 0 saturated carbocycles. The number of alkyl halides is 3. The van der Waals surface area contributed by atoms with Gasteiger partial charge in [-0.2, -0.15) is 18.3 Å². The zero-order valence-corrected chi connectivity index (χ0v) is 22.1. The number of rotatable bonds is 5. The van der Waals surface area contributed by atoms with Crippen molar-refractivity contribution in [2.75, 3.05) is 0 Å². The van der Waals surface area contributed by atoms with E-state index in [1.54, 1.807) is 13.8 Å². The van der Waals surface area contributed by atoms with Crippen molar-refractivity contribution >= 4 is 0 Å². The summed E-state index contributed by atoms with van der Waals surface area (Å²) in [5, 5.41) is 25.3. The number of hydrogen-bond donors (Lipinski definition) is 2. The predicted octanol–water partition coefficient (Wildman–Crippen LogP) is 5.83. The van der Waals surface area contributed by atoms with Crippen molar-refractivity contribution in [3.05, 3.63) is 90.0 Å². The van der Waals surface area contributed by atoms with Crippen LogP contribution < -0.4 is 0 Å². The zero-order chi connectivity index (χ0) is 26.5. The molecule has 0 bridgehead atoms. The standard InChI is InChI=1S/C21H11F5N3.C5H12O2.Ir/c22-16-8-4-13(5-9-16)19-27-28-20(14-6-10-17(23)11-7-14)29(19)18-3-1-2-15(12-18)21(24,25)26;1-4(6)3-5(2)7;/h1-6,8-12H;4-7H,3H2,1-2H3;/q-1;;. The molecule has 1 radical (unpaired) electrons. The molecule has 199 valence electrons. The maximum absolute atomic E-state index is 13.3. The van der Waals surface area contributed by atoms with E-state index in [1.165, 1.54) is 53.1 Å². The summed E-state index contributed by atoms with van der Waals surface area (Å²) in [6.45, 7) is 3.32. The molecule has 2 unspecified atom stereocenters. The topological polar surface area (TPSA) is 71.2 Å². The Hall–Kier alpha value is -2.98. The van der Waals surface area contributed by atoms with Gasteiger partial charge in [-0.05, 0) is 62.7 Å². The van der Waals surface area contributed by atoms with E-state index in [2.05, 4.69) is 16.3 Å². The first-order chi connectivity index (χ1) is 17.0. The van der Waals surface area contributed by atoms with Crippen LogP contribution in [-0.4, -0.2) is 37.2 Å². The van der Waals surface area contributed by atoms with Crippen molar-refractivity contribution in [2.24, 2.45) is 0 Å². The second-order valence-corrected chi connectivity index (χ2v) is 8.09. The van der Waals surface area contributed by atoms with Crippen LogP contribution in [0.25, 0.3) is 28.5 Å². The van der Waals surface area contributed by atoms with Gasteiger partial charge in [0.05, 0.1) is 23.6 Å². The van der Waals surface area contributed by atoms with Crippen LogP contribution in [0.2, 0.25) is 0 Å². The van der Waals surface area contributed by atoms with E-state index in [0.717, 1.165) is 18.2 Å². The van der Waals surface area contributed by atoms with Gasteiger partial charge in [0.15, 0.2) is 5.82 Å². The van der Waals surface area contributed by atoms with Gasteiger partial charge >= 0.3 is 6.18 Å². The Balaban J connectivity index is 0.000000532. The van der Waals surface area contributed by atoms with Crippen molar-refractivity contribution in [1.82, 2.24) is 14.8 Å². The fraction of sp³-hybridized carbons (Fsp3) is 0.231. The molecule has 0 aliphatic rings. The number of halogens is 5. The molecule has 5 nitrogen and oxygen atoms in total. The van der Waals surface area contributed by atoms with Gasteiger partial charge in [0, 0.05) is 37.2 Å². The smallest absolute Gasteiger partial charge is 0.393 e. The molecule has 0 aliphatic carbocycles. The Morgan fingerprint density at radius 3 is 1.97 bits per heavy atom. The molecule has 0 amide bonds. The third-order valence-electron chi connectivity index (χ3n) is 4.90. The van der Waals surface area contributed by atoms with Crippen molar-refractivity contribution in [1.29, 1.82) is 0 Å². The molecular formula is C26H23F5IrN3O2-. The maximum atomic E-state index is 13.3. The average molecular weight is 697 g/mol. The van der Waals surface area contributed by atoms with E-state index in [1.807, 2.05) is 0 Å². The molecule has 3 aromatic carbocycles. The van der Waals surface area contributed by atoms with Crippen LogP contribution in [0.5, 0.6) is 0 Å². The van der Waals surface area contributed by atoms with E-state index < -0.39 is 23.4 Å². The maximum Gasteiger partial charge on any atom is 0.416 e. The van der Waals surface area contributed by atoms with E-state index in [4.69, 9.17) is 10.2 Å². The fourth-order valence-corrected chi connectivity index (χ4v) is 3.35. The summed E-state index contributed by atoms with van der Waals surface area (Å²) in [7, 11) is 0. The van der Waals surface area contributed by atoms with E-state index >= 15 is 0 Å². The third-order valence-corrected chi connectivity index (χ3v) is 4.90. The van der Waals surface area contributed by atoms with Crippen LogP contribution >= 0.6 is 0 Å². The second-order valence-electron chi connectivity index (χ2n) is 8.09. The van der Waals surface area contributed by atoms with E-state index in [0.29, 0.717) is 17.5 Å². The quantitative estimate of drug-likeness (QED) is 0.204. The van der Waals surface area contributed by atoms with Crippen molar-refractivity contribution < 1.29 is 52.3 Å². The monoisotopic (exact) mass is 697 g/mol. The fourth-order valence-electron chi connectivity index (χ4n) is 3.35. The molecule has 0 spiro atoms. The first-order valence-electron chi connectivity index (χ1n) is 10.9. The number of benzene rings is 3. The van der Waals surface area contributed by atoms with Crippen molar-refractivity contribution in [3.63, 3.8) is 0 Å². The molecule has 4 rings (SSSR count). The summed E-state index contributed by atoms with van der Waals surface area (Å²) in [5.74, 6) is -0.607. The van der Waals surface area contributed by atoms with Gasteiger partial charge in [0.2, 0.25) is 0 Å². The third kappa shape index (κ3) is 8.26. The minimum atomic E-state index is -4.54. The number of aliphatic hydroxyl groups excluding tert-OH is 2. The molecule has 11 heteroatoms. The number of hydrogen-bond acceptors (Lipinski definition) is 4. The summed E-state index contributed by atoms with van der Waals surface area (Å²) in [5.41, 5.74) is 0.0917. The van der Waals surface area contributed by atoms with Gasteiger partial charge < -0.3 is 14.8 Å². The average Bonchev–Trinajstić information content (AvgIpc) is 3.24. The number of aromatic nitrogens is 3. The van der Waals surface area contributed by atoms with E-state index in [-0.39, 0.29) is 49.6 Å². The molecule has 37 heavy (non-hydrogen) atoms. The minimum Gasteiger partial charge on any atom is -0.393 e. The molecule has 1 heterocycles. The number of aliphatic hydroxyl groups is 2. The van der Waals surface area contributed by atoms with Crippen LogP contribution in [0, 0.1) is 17.7 Å². The second kappa shape index (κ2) is 13.0. The summed E-state index contributed by atoms with van der Waals surface area (Å²) in [6.07, 6.45) is -4.82. The molecule has 2 N–H and O–H groups in total. The SMILES string of the molecule is CC(O)CC(C)O.Fc1c[c-]c(-c2nnc(-c3ccc(F)cc3)n2-c2cccc(C(F)(F)F)c2)cc1.[Ir]. The molecule has 0 fully saturated rings. The Labute approximate surface area is 224 Å². The predicted molar refractivity (Wildman–Crippen MR) is 124 cm³/mol. The van der Waals surface area contributed by atoms with Gasteiger partial charge in [-0.1, -0.05) is 6.07 Å². The van der Waals surface area contributed by atoms with Gasteiger partial charge in [-0.25, -0.2) is 4.39 Å². The summed E-state index contributed by atoms with van der Waals surface area (Å²) in [4.78, 5) is 0. The van der Waals surface area contributed by atoms with Gasteiger partial charge in [-0.3, -0.25) is 4.39 Å². The summed E-state index contributed by atoms with van der Waals surface area (Å²) < 4.78 is 67.6. The molecule has 4 aromatic rings. The molecule has 1 aromatic heterocycles. The first-order valence-corrected chi connectivity index (χ1v) is 10.9. The van der Waals surface area contributed by atoms with Crippen LogP contribution in [0.3, 0.4) is 0 Å². The van der Waals surface area contributed by atoms with Crippen LogP contribution in [0.1, 0.15) is 25.8 Å². The Morgan fingerprint density at radius 1 is 0.865 bits per heavy atom. The van der Waals surface area contributed by atoms with Crippen molar-refractivity contribution in [2.45, 2.75) is 38.7 Å². The van der Waals surface area contributed by atoms with Crippen molar-refractivity contribution in [3.8, 4) is 28.5 Å². The van der Waals surface area contributed by atoms with Crippen LogP contribution in [-0.2, 0) is 26.3 Å². The largest absolute Gasteiger partial charge is 0.416 e. The zero-order valence-electron chi connectivity index (χ0n) is 19.7. The van der Waals surface area contributed by atoms with Crippen LogP contribution in [0.15, 0.2) is 66.7 Å².